The predicted octanol–water partition coefficient (Wildman–Crippen LogP) is 1.03. The minimum absolute atomic E-state index is 0.116. The highest BCUT2D eigenvalue weighted by Crippen LogP contribution is 2.08. The third-order valence-corrected chi connectivity index (χ3v) is 3.29. The summed E-state index contributed by atoms with van der Waals surface area (Å²) >= 11 is 0. The van der Waals surface area contributed by atoms with Crippen molar-refractivity contribution in [1.82, 2.24) is 14.9 Å². The average molecular weight is 275 g/mol. The molecule has 108 valence electrons. The molecule has 0 fully saturated rings. The van der Waals surface area contributed by atoms with E-state index in [1.165, 1.54) is 0 Å². The Hall–Kier alpha value is -2.24. The van der Waals surface area contributed by atoms with Crippen molar-refractivity contribution in [3.05, 3.63) is 34.7 Å². The summed E-state index contributed by atoms with van der Waals surface area (Å²) in [5.41, 5.74) is 7.40. The lowest BCUT2D eigenvalue weighted by Gasteiger charge is -2.11. The maximum Gasteiger partial charge on any atom is 0.326 e. The molecule has 1 unspecified atom stereocenters. The van der Waals surface area contributed by atoms with Gasteiger partial charge in [-0.05, 0) is 25.5 Å². The van der Waals surface area contributed by atoms with E-state index in [2.05, 4.69) is 22.2 Å². The molecule has 2 aromatic rings. The summed E-state index contributed by atoms with van der Waals surface area (Å²) in [6.07, 6.45) is 0.984. The Morgan fingerprint density at radius 3 is 3.00 bits per heavy atom. The van der Waals surface area contributed by atoms with Gasteiger partial charge in [-0.15, -0.1) is 0 Å². The summed E-state index contributed by atoms with van der Waals surface area (Å²) in [6.45, 7) is 5.10. The van der Waals surface area contributed by atoms with Crippen molar-refractivity contribution in [2.45, 2.75) is 32.9 Å². The molecule has 20 heavy (non-hydrogen) atoms. The van der Waals surface area contributed by atoms with Crippen LogP contribution in [0.1, 0.15) is 20.3 Å². The first-order valence-corrected chi connectivity index (χ1v) is 6.85. The van der Waals surface area contributed by atoms with Crippen molar-refractivity contribution in [2.24, 2.45) is 10.7 Å². The van der Waals surface area contributed by atoms with Gasteiger partial charge in [0.2, 0.25) is 0 Å². The third kappa shape index (κ3) is 3.20. The fraction of sp³-hybridized carbons (Fsp3) is 0.429. The quantitative estimate of drug-likeness (QED) is 0.562. The third-order valence-electron chi connectivity index (χ3n) is 3.29. The zero-order chi connectivity index (χ0) is 14.5. The number of H-pyrrole nitrogens is 1. The SMILES string of the molecule is CCC(C)NC(N)=NCCn1c(=O)[nH]c2ccccc21. The number of imidazole rings is 1. The summed E-state index contributed by atoms with van der Waals surface area (Å²) in [5, 5.41) is 3.09. The van der Waals surface area contributed by atoms with Gasteiger partial charge >= 0.3 is 5.69 Å². The van der Waals surface area contributed by atoms with Crippen LogP contribution in [-0.4, -0.2) is 28.1 Å². The van der Waals surface area contributed by atoms with Crippen LogP contribution in [0.4, 0.5) is 0 Å². The molecule has 0 saturated heterocycles. The number of guanidine groups is 1. The second kappa shape index (κ2) is 6.27. The van der Waals surface area contributed by atoms with E-state index in [0.717, 1.165) is 17.5 Å². The van der Waals surface area contributed by atoms with Crippen LogP contribution in [0.5, 0.6) is 0 Å². The minimum Gasteiger partial charge on any atom is -0.370 e. The largest absolute Gasteiger partial charge is 0.370 e. The fourth-order valence-corrected chi connectivity index (χ4v) is 2.00. The number of aliphatic imine (C=N–C) groups is 1. The smallest absolute Gasteiger partial charge is 0.326 e. The number of rotatable bonds is 5. The molecule has 0 amide bonds. The lowest BCUT2D eigenvalue weighted by Crippen LogP contribution is -2.38. The number of nitrogens with one attached hydrogen (secondary N) is 2. The summed E-state index contributed by atoms with van der Waals surface area (Å²) in [4.78, 5) is 18.9. The van der Waals surface area contributed by atoms with Gasteiger partial charge < -0.3 is 16.0 Å². The molecular weight excluding hydrogens is 254 g/mol. The molecule has 0 aliphatic rings. The Morgan fingerprint density at radius 1 is 1.50 bits per heavy atom. The first-order chi connectivity index (χ1) is 9.61. The van der Waals surface area contributed by atoms with Crippen LogP contribution in [0.3, 0.4) is 0 Å². The van der Waals surface area contributed by atoms with Crippen LogP contribution in [0.25, 0.3) is 11.0 Å². The van der Waals surface area contributed by atoms with Gasteiger partial charge in [-0.25, -0.2) is 4.79 Å². The van der Waals surface area contributed by atoms with Crippen molar-refractivity contribution >= 4 is 17.0 Å². The van der Waals surface area contributed by atoms with E-state index in [9.17, 15) is 4.79 Å². The van der Waals surface area contributed by atoms with E-state index in [1.54, 1.807) is 4.57 Å². The molecule has 0 radical (unpaired) electrons. The number of hydrogen-bond donors (Lipinski definition) is 3. The van der Waals surface area contributed by atoms with Gasteiger partial charge in [-0.2, -0.15) is 0 Å². The van der Waals surface area contributed by atoms with Crippen molar-refractivity contribution in [1.29, 1.82) is 0 Å². The van der Waals surface area contributed by atoms with E-state index in [1.807, 2.05) is 31.2 Å². The standard InChI is InChI=1S/C14H21N5O/c1-3-10(2)17-13(15)16-8-9-19-12-7-5-4-6-11(12)18-14(19)20/h4-7,10H,3,8-9H2,1-2H3,(H,18,20)(H3,15,16,17). The van der Waals surface area contributed by atoms with Gasteiger partial charge in [0.15, 0.2) is 5.96 Å². The van der Waals surface area contributed by atoms with Crippen LogP contribution >= 0.6 is 0 Å². The highest BCUT2D eigenvalue weighted by molar-refractivity contribution is 5.78. The monoisotopic (exact) mass is 275 g/mol. The Labute approximate surface area is 117 Å². The second-order valence-corrected chi connectivity index (χ2v) is 4.82. The van der Waals surface area contributed by atoms with Crippen LogP contribution < -0.4 is 16.7 Å². The molecule has 6 heteroatoms. The van der Waals surface area contributed by atoms with E-state index in [4.69, 9.17) is 5.73 Å². The van der Waals surface area contributed by atoms with Gasteiger partial charge in [0.1, 0.15) is 0 Å². The number of aromatic amines is 1. The minimum atomic E-state index is -0.116. The van der Waals surface area contributed by atoms with Crippen LogP contribution in [-0.2, 0) is 6.54 Å². The maximum absolute atomic E-state index is 11.9. The number of nitrogens with zero attached hydrogens (tertiary/aromatic N) is 2. The second-order valence-electron chi connectivity index (χ2n) is 4.82. The number of aromatic nitrogens is 2. The van der Waals surface area contributed by atoms with Gasteiger partial charge in [-0.3, -0.25) is 9.56 Å². The van der Waals surface area contributed by atoms with Crippen molar-refractivity contribution < 1.29 is 0 Å². The molecule has 0 saturated carbocycles. The lowest BCUT2D eigenvalue weighted by atomic mass is 10.3. The van der Waals surface area contributed by atoms with E-state index in [0.29, 0.717) is 25.1 Å². The van der Waals surface area contributed by atoms with Crippen molar-refractivity contribution in [3.8, 4) is 0 Å². The Morgan fingerprint density at radius 2 is 2.25 bits per heavy atom. The number of benzene rings is 1. The van der Waals surface area contributed by atoms with E-state index in [-0.39, 0.29) is 5.69 Å². The van der Waals surface area contributed by atoms with Crippen LogP contribution in [0, 0.1) is 0 Å². The summed E-state index contributed by atoms with van der Waals surface area (Å²) in [7, 11) is 0. The van der Waals surface area contributed by atoms with Crippen LogP contribution in [0.15, 0.2) is 34.1 Å². The molecule has 1 atom stereocenters. The molecule has 1 aromatic carbocycles. The normalized spacial score (nSPS) is 13.6. The first kappa shape index (κ1) is 14.2. The molecule has 0 aliphatic carbocycles. The van der Waals surface area contributed by atoms with Crippen molar-refractivity contribution in [3.63, 3.8) is 0 Å². The topological polar surface area (TPSA) is 88.2 Å². The highest BCUT2D eigenvalue weighted by atomic mass is 16.1. The Balaban J connectivity index is 2.05. The zero-order valence-electron chi connectivity index (χ0n) is 11.9. The number of para-hydroxylation sites is 2. The summed E-state index contributed by atoms with van der Waals surface area (Å²) in [6, 6.07) is 7.91. The summed E-state index contributed by atoms with van der Waals surface area (Å²) in [5.74, 6) is 0.423. The first-order valence-electron chi connectivity index (χ1n) is 6.85. The van der Waals surface area contributed by atoms with Gasteiger partial charge in [0.25, 0.3) is 0 Å². The lowest BCUT2D eigenvalue weighted by molar-refractivity contribution is 0.632. The van der Waals surface area contributed by atoms with Gasteiger partial charge in [0.05, 0.1) is 17.6 Å². The summed E-state index contributed by atoms with van der Waals surface area (Å²) < 4.78 is 1.68. The molecule has 1 heterocycles. The molecule has 0 spiro atoms. The van der Waals surface area contributed by atoms with Crippen molar-refractivity contribution in [2.75, 3.05) is 6.54 Å². The highest BCUT2D eigenvalue weighted by Gasteiger charge is 2.05. The number of hydrogen-bond acceptors (Lipinski definition) is 2. The van der Waals surface area contributed by atoms with Gasteiger partial charge in [-0.1, -0.05) is 19.1 Å². The zero-order valence-corrected chi connectivity index (χ0v) is 11.9. The number of fused-ring (bicyclic) bond motifs is 1. The Bertz CT molecular complexity index is 655. The molecule has 4 N–H and O–H groups in total. The number of nitrogens with two attached hydrogens (primary N) is 1. The molecule has 0 bridgehead atoms. The average Bonchev–Trinajstić information content (AvgIpc) is 2.75. The fourth-order valence-electron chi connectivity index (χ4n) is 2.00. The van der Waals surface area contributed by atoms with E-state index >= 15 is 0 Å². The van der Waals surface area contributed by atoms with Gasteiger partial charge in [0, 0.05) is 12.6 Å². The molecular formula is C14H21N5O. The van der Waals surface area contributed by atoms with E-state index < -0.39 is 0 Å². The molecule has 0 aliphatic heterocycles. The van der Waals surface area contributed by atoms with Crippen LogP contribution in [0.2, 0.25) is 0 Å². The maximum atomic E-state index is 11.9. The molecule has 1 aromatic heterocycles. The molecule has 2 rings (SSSR count). The predicted molar refractivity (Wildman–Crippen MR) is 81.9 cm³/mol. The Kier molecular flexibility index (Phi) is 4.45. The molecule has 6 nitrogen and oxygen atoms in total.